The highest BCUT2D eigenvalue weighted by Crippen LogP contribution is 2.39. The molecule has 3 aromatic rings. The Balaban J connectivity index is 1.56. The number of benzene rings is 3. The van der Waals surface area contributed by atoms with Gasteiger partial charge < -0.3 is 19.9 Å². The molecule has 1 amide bonds. The Morgan fingerprint density at radius 2 is 1.74 bits per heavy atom. The molecule has 4 atom stereocenters. The Bertz CT molecular complexity index is 1200. The van der Waals surface area contributed by atoms with Crippen molar-refractivity contribution in [2.45, 2.75) is 48.3 Å². The van der Waals surface area contributed by atoms with Crippen molar-refractivity contribution in [3.63, 3.8) is 0 Å². The molecule has 0 spiro atoms. The molecular weight excluding hydrogens is 547 g/mol. The lowest BCUT2D eigenvalue weighted by atomic mass is 9.99. The maximum atomic E-state index is 12.2. The first-order chi connectivity index (χ1) is 18.1. The third-order valence-corrected chi connectivity index (χ3v) is 7.24. The fourth-order valence-electron chi connectivity index (χ4n) is 4.46. The van der Waals surface area contributed by atoms with E-state index in [4.69, 9.17) is 44.3 Å². The number of amides is 1. The van der Waals surface area contributed by atoms with Crippen LogP contribution in [0.3, 0.4) is 0 Å². The Morgan fingerprint density at radius 1 is 1.03 bits per heavy atom. The van der Waals surface area contributed by atoms with Crippen molar-refractivity contribution >= 4 is 46.4 Å². The van der Waals surface area contributed by atoms with E-state index in [-0.39, 0.29) is 24.9 Å². The van der Waals surface area contributed by atoms with E-state index in [0.29, 0.717) is 18.7 Å². The highest BCUT2D eigenvalue weighted by Gasteiger charge is 2.34. The summed E-state index contributed by atoms with van der Waals surface area (Å²) in [7, 11) is 2.09. The zero-order valence-electron chi connectivity index (χ0n) is 21.2. The smallest absolute Gasteiger partial charge is 0.276 e. The van der Waals surface area contributed by atoms with E-state index in [0.717, 1.165) is 16.7 Å². The molecule has 6 nitrogen and oxygen atoms in total. The number of aliphatic hydroxyl groups excluding tert-OH is 1. The van der Waals surface area contributed by atoms with Crippen molar-refractivity contribution in [3.05, 3.63) is 101 Å². The molecule has 0 aliphatic carbocycles. The molecular formula is C29H31Cl3N2O4. The first kappa shape index (κ1) is 28.8. The fourth-order valence-corrected chi connectivity index (χ4v) is 4.61. The van der Waals surface area contributed by atoms with Crippen LogP contribution in [-0.2, 0) is 20.9 Å². The molecule has 1 saturated heterocycles. The van der Waals surface area contributed by atoms with E-state index in [9.17, 15) is 9.90 Å². The quantitative estimate of drug-likeness (QED) is 0.291. The van der Waals surface area contributed by atoms with Gasteiger partial charge in [0.2, 0.25) is 0 Å². The second-order valence-corrected chi connectivity index (χ2v) is 11.7. The van der Waals surface area contributed by atoms with Gasteiger partial charge in [-0.3, -0.25) is 9.69 Å². The number of carbonyl (C=O) groups is 1. The summed E-state index contributed by atoms with van der Waals surface area (Å²) in [6.45, 7) is 2.84. The molecule has 1 heterocycles. The molecule has 4 rings (SSSR count). The topological polar surface area (TPSA) is 71.0 Å². The van der Waals surface area contributed by atoms with Crippen LogP contribution in [0.1, 0.15) is 54.0 Å². The van der Waals surface area contributed by atoms with E-state index in [2.05, 4.69) is 36.3 Å². The van der Waals surface area contributed by atoms with Gasteiger partial charge in [-0.05, 0) is 42.8 Å². The molecule has 9 heteroatoms. The fraction of sp³-hybridized carbons (Fsp3) is 0.345. The third kappa shape index (κ3) is 7.48. The van der Waals surface area contributed by atoms with E-state index >= 15 is 0 Å². The van der Waals surface area contributed by atoms with Crippen LogP contribution in [0.4, 0.5) is 5.69 Å². The van der Waals surface area contributed by atoms with Crippen LogP contribution >= 0.6 is 34.8 Å². The molecule has 3 aromatic carbocycles. The summed E-state index contributed by atoms with van der Waals surface area (Å²) in [6, 6.07) is 25.4. The lowest BCUT2D eigenvalue weighted by molar-refractivity contribution is -0.253. The minimum atomic E-state index is -2.08. The maximum absolute atomic E-state index is 12.2. The second-order valence-electron chi connectivity index (χ2n) is 9.45. The normalized spacial score (nSPS) is 20.8. The van der Waals surface area contributed by atoms with E-state index in [1.165, 1.54) is 5.56 Å². The molecule has 0 saturated carbocycles. The average Bonchev–Trinajstić information content (AvgIpc) is 2.92. The van der Waals surface area contributed by atoms with Gasteiger partial charge in [-0.15, -0.1) is 0 Å². The molecule has 1 aliphatic heterocycles. The van der Waals surface area contributed by atoms with Gasteiger partial charge in [0.25, 0.3) is 9.70 Å². The number of aliphatic hydroxyl groups is 1. The number of hydrogen-bond donors (Lipinski definition) is 2. The number of alkyl halides is 3. The van der Waals surface area contributed by atoms with Crippen LogP contribution in [0.2, 0.25) is 0 Å². The Morgan fingerprint density at radius 3 is 2.39 bits per heavy atom. The zero-order chi connectivity index (χ0) is 27.3. The van der Waals surface area contributed by atoms with Crippen molar-refractivity contribution < 1.29 is 19.4 Å². The van der Waals surface area contributed by atoms with Crippen LogP contribution < -0.4 is 5.32 Å². The Hall–Kier alpha value is -2.16. The first-order valence-electron chi connectivity index (χ1n) is 12.4. The molecule has 0 radical (unpaired) electrons. The largest absolute Gasteiger partial charge is 0.392 e. The van der Waals surface area contributed by atoms with E-state index in [1.807, 2.05) is 48.5 Å². The molecule has 0 unspecified atom stereocenters. The summed E-state index contributed by atoms with van der Waals surface area (Å²) in [5, 5.41) is 12.1. The van der Waals surface area contributed by atoms with Crippen LogP contribution in [-0.4, -0.2) is 39.4 Å². The van der Waals surface area contributed by atoms with Crippen LogP contribution in [0.25, 0.3) is 0 Å². The maximum Gasteiger partial charge on any atom is 0.276 e. The van der Waals surface area contributed by atoms with Crippen molar-refractivity contribution in [1.29, 1.82) is 0 Å². The minimum absolute atomic E-state index is 0.0188. The number of nitrogens with zero attached hydrogens (tertiary/aromatic N) is 1. The standard InChI is InChI=1S/C29H31Cl3N2O4/c1-19(21-7-4-3-5-8-21)34(2)17-25-16-26(22-13-11-20(18-35)12-14-22)38-27(37-25)23-9-6-10-24(15-23)33-28(36)29(30,31)32/h3-15,19,25-27,35H,16-18H2,1-2H3,(H,33,36)/t19-,25+,26-,27-/m0/s1. The van der Waals surface area contributed by atoms with Gasteiger partial charge in [-0.1, -0.05) is 102 Å². The van der Waals surface area contributed by atoms with E-state index < -0.39 is 16.0 Å². The lowest BCUT2D eigenvalue weighted by Crippen LogP contribution is -2.38. The number of rotatable bonds is 8. The summed E-state index contributed by atoms with van der Waals surface area (Å²) in [5.41, 5.74) is 4.26. The predicted octanol–water partition coefficient (Wildman–Crippen LogP) is 6.73. The van der Waals surface area contributed by atoms with E-state index in [1.54, 1.807) is 18.2 Å². The van der Waals surface area contributed by atoms with Crippen LogP contribution in [0.15, 0.2) is 78.9 Å². The highest BCUT2D eigenvalue weighted by atomic mass is 35.6. The summed E-state index contributed by atoms with van der Waals surface area (Å²) >= 11 is 17.2. The van der Waals surface area contributed by atoms with Gasteiger partial charge in [0, 0.05) is 30.3 Å². The molecule has 38 heavy (non-hydrogen) atoms. The van der Waals surface area contributed by atoms with Crippen molar-refractivity contribution in [2.24, 2.45) is 0 Å². The van der Waals surface area contributed by atoms with Gasteiger partial charge in [0.1, 0.15) is 0 Å². The van der Waals surface area contributed by atoms with Crippen molar-refractivity contribution in [3.8, 4) is 0 Å². The van der Waals surface area contributed by atoms with Crippen molar-refractivity contribution in [2.75, 3.05) is 18.9 Å². The molecule has 0 aromatic heterocycles. The van der Waals surface area contributed by atoms with Gasteiger partial charge in [0.15, 0.2) is 6.29 Å². The minimum Gasteiger partial charge on any atom is -0.392 e. The molecule has 202 valence electrons. The Kier molecular flexibility index (Phi) is 9.71. The van der Waals surface area contributed by atoms with Gasteiger partial charge in [-0.25, -0.2) is 0 Å². The van der Waals surface area contributed by atoms with Gasteiger partial charge in [-0.2, -0.15) is 0 Å². The molecule has 1 aliphatic rings. The summed E-state index contributed by atoms with van der Waals surface area (Å²) in [5.74, 6) is -0.749. The summed E-state index contributed by atoms with van der Waals surface area (Å²) < 4.78 is 10.8. The summed E-state index contributed by atoms with van der Waals surface area (Å²) in [4.78, 5) is 14.4. The van der Waals surface area contributed by atoms with Crippen LogP contribution in [0.5, 0.6) is 0 Å². The first-order valence-corrected chi connectivity index (χ1v) is 13.5. The lowest BCUT2D eigenvalue weighted by Gasteiger charge is -2.39. The monoisotopic (exact) mass is 576 g/mol. The number of anilines is 1. The third-order valence-electron chi connectivity index (χ3n) is 6.72. The number of ether oxygens (including phenoxy) is 2. The molecule has 0 bridgehead atoms. The number of likely N-dealkylation sites (N-methyl/N-ethyl adjacent to an activating group) is 1. The van der Waals surface area contributed by atoms with Gasteiger partial charge in [0.05, 0.1) is 18.8 Å². The zero-order valence-corrected chi connectivity index (χ0v) is 23.5. The summed E-state index contributed by atoms with van der Waals surface area (Å²) in [6.07, 6.45) is -0.385. The van der Waals surface area contributed by atoms with Crippen molar-refractivity contribution in [1.82, 2.24) is 4.90 Å². The Labute approximate surface area is 238 Å². The average molecular weight is 578 g/mol. The molecule has 2 N–H and O–H groups in total. The number of hydrogen-bond acceptors (Lipinski definition) is 5. The number of halogens is 3. The number of nitrogens with one attached hydrogen (secondary N) is 1. The number of carbonyl (C=O) groups excluding carboxylic acids is 1. The van der Waals surface area contributed by atoms with Crippen LogP contribution in [0, 0.1) is 0 Å². The second kappa shape index (κ2) is 12.8. The molecule has 1 fully saturated rings. The predicted molar refractivity (Wildman–Crippen MR) is 151 cm³/mol. The SMILES string of the molecule is C[C@@H](c1ccccc1)N(C)C[C@H]1C[C@@H](c2ccc(CO)cc2)O[C@@H](c2cccc(NC(=O)C(Cl)(Cl)Cl)c2)O1. The van der Waals surface area contributed by atoms with Gasteiger partial charge >= 0.3 is 0 Å². The highest BCUT2D eigenvalue weighted by molar-refractivity contribution is 6.76.